The van der Waals surface area contributed by atoms with E-state index in [1.807, 2.05) is 0 Å². The maximum Gasteiger partial charge on any atom is 0.325 e. The average Bonchev–Trinajstić information content (AvgIpc) is 2.26. The number of rotatable bonds is 6. The molecule has 0 saturated heterocycles. The maximum absolute atomic E-state index is 10.6. The Morgan fingerprint density at radius 1 is 1.62 bits per heavy atom. The van der Waals surface area contributed by atoms with Crippen molar-refractivity contribution in [1.29, 1.82) is 0 Å². The summed E-state index contributed by atoms with van der Waals surface area (Å²) in [5.74, 6) is -0.409. The molecule has 1 heterocycles. The van der Waals surface area contributed by atoms with E-state index in [-0.39, 0.29) is 0 Å². The van der Waals surface area contributed by atoms with E-state index in [0.717, 1.165) is 5.69 Å². The van der Waals surface area contributed by atoms with Gasteiger partial charge in [-0.05, 0) is 6.92 Å². The van der Waals surface area contributed by atoms with Crippen LogP contribution in [0.15, 0.2) is 12.4 Å². The Bertz CT molecular complexity index is 357. The minimum absolute atomic E-state index is 0.510. The van der Waals surface area contributed by atoms with E-state index >= 15 is 0 Å². The monoisotopic (exact) mass is 225 g/mol. The SMILES string of the molecule is COCCc1cc(NC(C)C(=O)O)ncn1. The van der Waals surface area contributed by atoms with Crippen LogP contribution >= 0.6 is 0 Å². The summed E-state index contributed by atoms with van der Waals surface area (Å²) in [6, 6.07) is 1.04. The van der Waals surface area contributed by atoms with E-state index in [2.05, 4.69) is 15.3 Å². The third-order valence-electron chi connectivity index (χ3n) is 2.02. The molecule has 0 aliphatic rings. The molecular formula is C10H15N3O3. The van der Waals surface area contributed by atoms with Crippen LogP contribution in [-0.4, -0.2) is 40.8 Å². The summed E-state index contributed by atoms with van der Waals surface area (Å²) in [4.78, 5) is 18.6. The zero-order chi connectivity index (χ0) is 12.0. The van der Waals surface area contributed by atoms with Gasteiger partial charge in [0.25, 0.3) is 0 Å². The van der Waals surface area contributed by atoms with Crippen molar-refractivity contribution in [2.75, 3.05) is 19.0 Å². The number of aliphatic carboxylic acids is 1. The summed E-state index contributed by atoms with van der Waals surface area (Å²) in [6.45, 7) is 2.13. The van der Waals surface area contributed by atoms with Gasteiger partial charge in [-0.15, -0.1) is 0 Å². The maximum atomic E-state index is 10.6. The molecule has 0 spiro atoms. The summed E-state index contributed by atoms with van der Waals surface area (Å²) in [5, 5.41) is 11.5. The van der Waals surface area contributed by atoms with Crippen molar-refractivity contribution >= 4 is 11.8 Å². The molecule has 6 nitrogen and oxygen atoms in total. The van der Waals surface area contributed by atoms with Crippen molar-refractivity contribution in [3.05, 3.63) is 18.1 Å². The lowest BCUT2D eigenvalue weighted by Crippen LogP contribution is -2.26. The van der Waals surface area contributed by atoms with Crippen molar-refractivity contribution in [2.24, 2.45) is 0 Å². The highest BCUT2D eigenvalue weighted by Crippen LogP contribution is 2.06. The van der Waals surface area contributed by atoms with E-state index < -0.39 is 12.0 Å². The van der Waals surface area contributed by atoms with Gasteiger partial charge in [0.2, 0.25) is 0 Å². The summed E-state index contributed by atoms with van der Waals surface area (Å²) >= 11 is 0. The standard InChI is InChI=1S/C10H15N3O3/c1-7(10(14)15)13-9-5-8(3-4-16-2)11-6-12-9/h5-7H,3-4H2,1-2H3,(H,14,15)(H,11,12,13). The molecule has 0 radical (unpaired) electrons. The lowest BCUT2D eigenvalue weighted by atomic mass is 10.3. The lowest BCUT2D eigenvalue weighted by molar-refractivity contribution is -0.137. The first-order valence-corrected chi connectivity index (χ1v) is 4.92. The first-order valence-electron chi connectivity index (χ1n) is 4.92. The molecule has 2 N–H and O–H groups in total. The highest BCUT2D eigenvalue weighted by atomic mass is 16.5. The number of carbonyl (C=O) groups is 1. The Kier molecular flexibility index (Phi) is 4.65. The Balaban J connectivity index is 2.63. The van der Waals surface area contributed by atoms with Crippen molar-refractivity contribution in [2.45, 2.75) is 19.4 Å². The van der Waals surface area contributed by atoms with Crippen molar-refractivity contribution < 1.29 is 14.6 Å². The molecule has 1 atom stereocenters. The normalized spacial score (nSPS) is 12.1. The number of hydrogen-bond acceptors (Lipinski definition) is 5. The molecule has 0 fully saturated rings. The number of aromatic nitrogens is 2. The van der Waals surface area contributed by atoms with Gasteiger partial charge in [0.05, 0.1) is 6.61 Å². The smallest absolute Gasteiger partial charge is 0.325 e. The first-order chi connectivity index (χ1) is 7.63. The fourth-order valence-electron chi connectivity index (χ4n) is 1.10. The summed E-state index contributed by atoms with van der Waals surface area (Å²) in [6.07, 6.45) is 2.08. The van der Waals surface area contributed by atoms with Crippen LogP contribution in [0.5, 0.6) is 0 Å². The summed E-state index contributed by atoms with van der Waals surface area (Å²) < 4.78 is 4.93. The van der Waals surface area contributed by atoms with Crippen LogP contribution in [0.4, 0.5) is 5.82 Å². The minimum Gasteiger partial charge on any atom is -0.480 e. The highest BCUT2D eigenvalue weighted by Gasteiger charge is 2.10. The van der Waals surface area contributed by atoms with Crippen LogP contribution in [0.1, 0.15) is 12.6 Å². The van der Waals surface area contributed by atoms with E-state index in [9.17, 15) is 4.79 Å². The Hall–Kier alpha value is -1.69. The van der Waals surface area contributed by atoms with E-state index in [1.54, 1.807) is 20.1 Å². The van der Waals surface area contributed by atoms with E-state index in [4.69, 9.17) is 9.84 Å². The average molecular weight is 225 g/mol. The molecule has 16 heavy (non-hydrogen) atoms. The zero-order valence-electron chi connectivity index (χ0n) is 9.30. The molecular weight excluding hydrogens is 210 g/mol. The van der Waals surface area contributed by atoms with Gasteiger partial charge in [-0.1, -0.05) is 0 Å². The van der Waals surface area contributed by atoms with Crippen LogP contribution in [-0.2, 0) is 16.0 Å². The molecule has 6 heteroatoms. The van der Waals surface area contributed by atoms with Crippen LogP contribution in [0.25, 0.3) is 0 Å². The molecule has 0 aliphatic heterocycles. The lowest BCUT2D eigenvalue weighted by Gasteiger charge is -2.10. The quantitative estimate of drug-likeness (QED) is 0.735. The molecule has 1 aromatic heterocycles. The molecule has 0 bridgehead atoms. The fraction of sp³-hybridized carbons (Fsp3) is 0.500. The zero-order valence-corrected chi connectivity index (χ0v) is 9.30. The van der Waals surface area contributed by atoms with Gasteiger partial charge in [-0.25, -0.2) is 9.97 Å². The fourth-order valence-corrected chi connectivity index (χ4v) is 1.10. The second-order valence-electron chi connectivity index (χ2n) is 3.34. The molecule has 0 amide bonds. The number of hydrogen-bond donors (Lipinski definition) is 2. The third-order valence-corrected chi connectivity index (χ3v) is 2.02. The predicted octanol–water partition coefficient (Wildman–Crippen LogP) is 0.550. The van der Waals surface area contributed by atoms with Crippen LogP contribution in [0.3, 0.4) is 0 Å². The van der Waals surface area contributed by atoms with E-state index in [1.165, 1.54) is 6.33 Å². The summed E-state index contributed by atoms with van der Waals surface area (Å²) in [5.41, 5.74) is 0.817. The van der Waals surface area contributed by atoms with Crippen LogP contribution in [0.2, 0.25) is 0 Å². The van der Waals surface area contributed by atoms with Gasteiger partial charge in [0, 0.05) is 25.3 Å². The number of nitrogens with zero attached hydrogens (tertiary/aromatic N) is 2. The van der Waals surface area contributed by atoms with Crippen molar-refractivity contribution in [3.8, 4) is 0 Å². The molecule has 1 unspecified atom stereocenters. The van der Waals surface area contributed by atoms with Crippen LogP contribution in [0, 0.1) is 0 Å². The van der Waals surface area contributed by atoms with Gasteiger partial charge in [-0.3, -0.25) is 4.79 Å². The molecule has 0 saturated carbocycles. The molecule has 1 rings (SSSR count). The van der Waals surface area contributed by atoms with E-state index in [0.29, 0.717) is 18.8 Å². The second-order valence-corrected chi connectivity index (χ2v) is 3.34. The van der Waals surface area contributed by atoms with Crippen LogP contribution < -0.4 is 5.32 Å². The van der Waals surface area contributed by atoms with Gasteiger partial charge in [0.1, 0.15) is 18.2 Å². The topological polar surface area (TPSA) is 84.3 Å². The first kappa shape index (κ1) is 12.4. The number of nitrogens with one attached hydrogen (secondary N) is 1. The van der Waals surface area contributed by atoms with Gasteiger partial charge < -0.3 is 15.2 Å². The molecule has 1 aromatic rings. The van der Waals surface area contributed by atoms with Crippen molar-refractivity contribution in [3.63, 3.8) is 0 Å². The predicted molar refractivity (Wildman–Crippen MR) is 58.3 cm³/mol. The largest absolute Gasteiger partial charge is 0.480 e. The number of anilines is 1. The molecule has 0 aromatic carbocycles. The number of methoxy groups -OCH3 is 1. The van der Waals surface area contributed by atoms with Crippen molar-refractivity contribution in [1.82, 2.24) is 9.97 Å². The minimum atomic E-state index is -0.919. The number of ether oxygens (including phenoxy) is 1. The number of carboxylic acid groups (broad SMARTS) is 1. The molecule has 0 aliphatic carbocycles. The number of carboxylic acids is 1. The Morgan fingerprint density at radius 2 is 2.38 bits per heavy atom. The molecule has 88 valence electrons. The second kappa shape index (κ2) is 6.02. The Labute approximate surface area is 93.7 Å². The van der Waals surface area contributed by atoms with Gasteiger partial charge >= 0.3 is 5.97 Å². The van der Waals surface area contributed by atoms with Gasteiger partial charge in [0.15, 0.2) is 0 Å². The Morgan fingerprint density at radius 3 is 3.00 bits per heavy atom. The highest BCUT2D eigenvalue weighted by molar-refractivity contribution is 5.76. The third kappa shape index (κ3) is 3.82. The summed E-state index contributed by atoms with van der Waals surface area (Å²) in [7, 11) is 1.62. The van der Waals surface area contributed by atoms with Gasteiger partial charge in [-0.2, -0.15) is 0 Å².